The zero-order valence-electron chi connectivity index (χ0n) is 6.37. The Labute approximate surface area is 64.5 Å². The number of hydrogen-bond donors (Lipinski definition) is 0. The lowest BCUT2D eigenvalue weighted by atomic mass is 10.6. The van der Waals surface area contributed by atoms with Gasteiger partial charge in [-0.05, 0) is 0 Å². The average Bonchev–Trinajstić information content (AvgIpc) is 2.10. The van der Waals surface area contributed by atoms with E-state index in [1.165, 1.54) is 0 Å². The highest BCUT2D eigenvalue weighted by molar-refractivity contribution is 5.07. The van der Waals surface area contributed by atoms with Crippen molar-refractivity contribution >= 4 is 0 Å². The lowest BCUT2D eigenvalue weighted by Crippen LogP contribution is -1.87. The van der Waals surface area contributed by atoms with E-state index in [0.29, 0.717) is 0 Å². The van der Waals surface area contributed by atoms with E-state index in [0.717, 1.165) is 12.4 Å². The lowest BCUT2D eigenvalue weighted by Gasteiger charge is -1.83. The zero-order valence-corrected chi connectivity index (χ0v) is 6.37. The number of nitrogens with zero attached hydrogens (tertiary/aromatic N) is 3. The highest BCUT2D eigenvalue weighted by Gasteiger charge is 1.91. The molecule has 0 aliphatic rings. The molecule has 0 saturated carbocycles. The van der Waals surface area contributed by atoms with Crippen LogP contribution in [0, 0.1) is 17.1 Å². The molecular weight excluding hydrogens is 145 g/mol. The average molecular weight is 153 g/mol. The van der Waals surface area contributed by atoms with E-state index in [1.54, 1.807) is 6.07 Å². The fourth-order valence-electron chi connectivity index (χ4n) is 0.370. The monoisotopic (exact) mass is 153 g/mol. The summed E-state index contributed by atoms with van der Waals surface area (Å²) in [6.45, 7) is 4.00. The maximum atomic E-state index is 12.0. The second-order valence-electron chi connectivity index (χ2n) is 1.34. The Kier molecular flexibility index (Phi) is 4.58. The number of rotatable bonds is 0. The van der Waals surface area contributed by atoms with E-state index >= 15 is 0 Å². The van der Waals surface area contributed by atoms with Crippen LogP contribution in [0.5, 0.6) is 0 Å². The maximum absolute atomic E-state index is 12.0. The Morgan fingerprint density at radius 1 is 1.36 bits per heavy atom. The van der Waals surface area contributed by atoms with Crippen molar-refractivity contribution < 1.29 is 4.39 Å². The van der Waals surface area contributed by atoms with Crippen molar-refractivity contribution in [1.82, 2.24) is 9.97 Å². The summed E-state index contributed by atoms with van der Waals surface area (Å²) in [6, 6.07) is 1.67. The van der Waals surface area contributed by atoms with Gasteiger partial charge in [0.05, 0.1) is 12.4 Å². The minimum atomic E-state index is -0.533. The SMILES string of the molecule is CC.N#Cc1ncc(F)cn1. The summed E-state index contributed by atoms with van der Waals surface area (Å²) >= 11 is 0. The standard InChI is InChI=1S/C5H2FN3.C2H6/c6-4-2-8-5(1-7)9-3-4;1-2/h2-3H;1-2H3. The van der Waals surface area contributed by atoms with Crippen molar-refractivity contribution in [3.05, 3.63) is 24.0 Å². The van der Waals surface area contributed by atoms with Crippen molar-refractivity contribution in [2.75, 3.05) is 0 Å². The van der Waals surface area contributed by atoms with E-state index in [2.05, 4.69) is 9.97 Å². The first-order valence-electron chi connectivity index (χ1n) is 3.20. The summed E-state index contributed by atoms with van der Waals surface area (Å²) in [5, 5.41) is 8.13. The molecule has 0 bridgehead atoms. The second kappa shape index (κ2) is 5.30. The molecule has 0 aliphatic heterocycles. The fourth-order valence-corrected chi connectivity index (χ4v) is 0.370. The molecule has 0 fully saturated rings. The van der Waals surface area contributed by atoms with Crippen LogP contribution in [0.3, 0.4) is 0 Å². The molecule has 0 aromatic carbocycles. The highest BCUT2D eigenvalue weighted by atomic mass is 19.1. The summed E-state index contributed by atoms with van der Waals surface area (Å²) in [5.41, 5.74) is 0. The smallest absolute Gasteiger partial charge is 0.224 e. The summed E-state index contributed by atoms with van der Waals surface area (Å²) in [4.78, 5) is 6.70. The van der Waals surface area contributed by atoms with E-state index < -0.39 is 5.82 Å². The molecular formula is C7H8FN3. The van der Waals surface area contributed by atoms with Crippen LogP contribution < -0.4 is 0 Å². The molecule has 1 aromatic rings. The van der Waals surface area contributed by atoms with E-state index in [9.17, 15) is 4.39 Å². The van der Waals surface area contributed by atoms with Gasteiger partial charge in [-0.15, -0.1) is 0 Å². The van der Waals surface area contributed by atoms with Gasteiger partial charge in [0.25, 0.3) is 0 Å². The van der Waals surface area contributed by atoms with Crippen molar-refractivity contribution in [2.24, 2.45) is 0 Å². The zero-order chi connectivity index (χ0) is 8.69. The van der Waals surface area contributed by atoms with E-state index in [1.807, 2.05) is 13.8 Å². The van der Waals surface area contributed by atoms with Crippen LogP contribution in [0.4, 0.5) is 4.39 Å². The molecule has 0 aliphatic carbocycles. The Bertz CT molecular complexity index is 237. The molecule has 0 atom stereocenters. The normalized spacial score (nSPS) is 7.45. The first kappa shape index (κ1) is 9.50. The molecule has 1 aromatic heterocycles. The molecule has 1 rings (SSSR count). The van der Waals surface area contributed by atoms with Crippen LogP contribution in [0.2, 0.25) is 0 Å². The lowest BCUT2D eigenvalue weighted by molar-refractivity contribution is 0.612. The van der Waals surface area contributed by atoms with Gasteiger partial charge in [0.15, 0.2) is 5.82 Å². The minimum absolute atomic E-state index is 0.0172. The quantitative estimate of drug-likeness (QED) is 0.567. The van der Waals surface area contributed by atoms with Gasteiger partial charge in [-0.3, -0.25) is 0 Å². The Morgan fingerprint density at radius 3 is 2.18 bits per heavy atom. The number of aromatic nitrogens is 2. The maximum Gasteiger partial charge on any atom is 0.232 e. The van der Waals surface area contributed by atoms with Gasteiger partial charge in [-0.2, -0.15) is 5.26 Å². The largest absolute Gasteiger partial charge is 0.232 e. The van der Waals surface area contributed by atoms with Gasteiger partial charge in [0.2, 0.25) is 5.82 Å². The molecule has 4 heteroatoms. The van der Waals surface area contributed by atoms with Gasteiger partial charge in [-0.25, -0.2) is 14.4 Å². The third kappa shape index (κ3) is 3.26. The molecule has 0 radical (unpaired) electrons. The molecule has 0 amide bonds. The minimum Gasteiger partial charge on any atom is -0.224 e. The molecule has 0 unspecified atom stereocenters. The van der Waals surface area contributed by atoms with E-state index in [-0.39, 0.29) is 5.82 Å². The Morgan fingerprint density at radius 2 is 1.82 bits per heavy atom. The molecule has 58 valence electrons. The third-order valence-electron chi connectivity index (χ3n) is 0.720. The summed E-state index contributed by atoms with van der Waals surface area (Å²) < 4.78 is 12.0. The summed E-state index contributed by atoms with van der Waals surface area (Å²) in [5.74, 6) is -0.551. The van der Waals surface area contributed by atoms with Gasteiger partial charge in [-0.1, -0.05) is 13.8 Å². The van der Waals surface area contributed by atoms with Gasteiger partial charge < -0.3 is 0 Å². The number of hydrogen-bond acceptors (Lipinski definition) is 3. The van der Waals surface area contributed by atoms with Crippen LogP contribution in [0.1, 0.15) is 19.7 Å². The topological polar surface area (TPSA) is 49.6 Å². The molecule has 0 N–H and O–H groups in total. The van der Waals surface area contributed by atoms with Crippen molar-refractivity contribution in [1.29, 1.82) is 5.26 Å². The summed E-state index contributed by atoms with van der Waals surface area (Å²) in [6.07, 6.45) is 1.90. The Hall–Kier alpha value is -1.50. The van der Waals surface area contributed by atoms with Crippen LogP contribution in [0.15, 0.2) is 12.4 Å². The first-order chi connectivity index (χ1) is 5.33. The molecule has 0 saturated heterocycles. The first-order valence-corrected chi connectivity index (χ1v) is 3.20. The van der Waals surface area contributed by atoms with Crippen LogP contribution in [-0.4, -0.2) is 9.97 Å². The predicted molar refractivity (Wildman–Crippen MR) is 38.1 cm³/mol. The van der Waals surface area contributed by atoms with Crippen LogP contribution in [0.25, 0.3) is 0 Å². The van der Waals surface area contributed by atoms with Crippen molar-refractivity contribution in [2.45, 2.75) is 13.8 Å². The van der Waals surface area contributed by atoms with Crippen molar-refractivity contribution in [3.63, 3.8) is 0 Å². The highest BCUT2D eigenvalue weighted by Crippen LogP contribution is 1.89. The van der Waals surface area contributed by atoms with Gasteiger partial charge in [0.1, 0.15) is 6.07 Å². The Balaban J connectivity index is 0.000000461. The molecule has 1 heterocycles. The van der Waals surface area contributed by atoms with Gasteiger partial charge in [0, 0.05) is 0 Å². The van der Waals surface area contributed by atoms with Crippen molar-refractivity contribution in [3.8, 4) is 6.07 Å². The fraction of sp³-hybridized carbons (Fsp3) is 0.286. The third-order valence-corrected chi connectivity index (χ3v) is 0.720. The molecule has 0 spiro atoms. The summed E-state index contributed by atoms with van der Waals surface area (Å²) in [7, 11) is 0. The van der Waals surface area contributed by atoms with E-state index in [4.69, 9.17) is 5.26 Å². The second-order valence-corrected chi connectivity index (χ2v) is 1.34. The molecule has 11 heavy (non-hydrogen) atoms. The number of nitriles is 1. The molecule has 3 nitrogen and oxygen atoms in total. The van der Waals surface area contributed by atoms with Gasteiger partial charge >= 0.3 is 0 Å². The van der Waals surface area contributed by atoms with Crippen LogP contribution >= 0.6 is 0 Å². The predicted octanol–water partition coefficient (Wildman–Crippen LogP) is 1.51. The number of halogens is 1. The van der Waals surface area contributed by atoms with Crippen LogP contribution in [-0.2, 0) is 0 Å².